The third-order valence-electron chi connectivity index (χ3n) is 2.72. The van der Waals surface area contributed by atoms with Gasteiger partial charge in [0.05, 0.1) is 4.47 Å². The second kappa shape index (κ2) is 5.94. The summed E-state index contributed by atoms with van der Waals surface area (Å²) in [5.41, 5.74) is 6.91. The number of halogens is 3. The second-order valence-corrected chi connectivity index (χ2v) is 7.74. The van der Waals surface area contributed by atoms with Gasteiger partial charge in [-0.2, -0.15) is 0 Å². The van der Waals surface area contributed by atoms with Gasteiger partial charge >= 0.3 is 0 Å². The molecule has 3 N–H and O–H groups in total. The number of nitrogens with one attached hydrogen (secondary N) is 1. The van der Waals surface area contributed by atoms with Crippen LogP contribution in [0.25, 0.3) is 0 Å². The van der Waals surface area contributed by atoms with Gasteiger partial charge < -0.3 is 5.73 Å². The molecule has 0 unspecified atom stereocenters. The van der Waals surface area contributed by atoms with E-state index in [1.165, 1.54) is 6.07 Å². The van der Waals surface area contributed by atoms with Crippen LogP contribution in [-0.4, -0.2) is 8.42 Å². The summed E-state index contributed by atoms with van der Waals surface area (Å²) in [6.45, 7) is 1.82. The molecule has 112 valence electrons. The largest absolute Gasteiger partial charge is 0.399 e. The third-order valence-corrected chi connectivity index (χ3v) is 5.56. The van der Waals surface area contributed by atoms with Gasteiger partial charge in [0.15, 0.2) is 5.82 Å². The number of benzene rings is 2. The minimum Gasteiger partial charge on any atom is -0.399 e. The maximum atomic E-state index is 14.0. The van der Waals surface area contributed by atoms with Crippen LogP contribution in [0.5, 0.6) is 0 Å². The molecule has 8 heteroatoms. The molecule has 0 heterocycles. The van der Waals surface area contributed by atoms with E-state index in [0.29, 0.717) is 5.69 Å². The van der Waals surface area contributed by atoms with Gasteiger partial charge in [-0.1, -0.05) is 15.9 Å². The Bertz CT molecular complexity index is 810. The maximum absolute atomic E-state index is 14.0. The standard InChI is InChI=1S/C13H11Br2FN2O2S/c1-7-4-9(2-3-10(7)14)18-21(19,20)12-6-8(17)5-11(15)13(12)16/h2-6,18H,17H2,1H3. The second-order valence-electron chi connectivity index (χ2n) is 4.38. The number of nitrogens with two attached hydrogens (primary N) is 1. The highest BCUT2D eigenvalue weighted by molar-refractivity contribution is 9.10. The smallest absolute Gasteiger partial charge is 0.264 e. The Morgan fingerprint density at radius 1 is 1.14 bits per heavy atom. The van der Waals surface area contributed by atoms with Crippen molar-refractivity contribution in [2.45, 2.75) is 11.8 Å². The van der Waals surface area contributed by atoms with Crippen molar-refractivity contribution < 1.29 is 12.8 Å². The summed E-state index contributed by atoms with van der Waals surface area (Å²) in [4.78, 5) is -0.505. The van der Waals surface area contributed by atoms with E-state index in [1.54, 1.807) is 18.2 Å². The predicted octanol–water partition coefficient (Wildman–Crippen LogP) is 4.04. The molecule has 21 heavy (non-hydrogen) atoms. The molecule has 2 rings (SSSR count). The predicted molar refractivity (Wildman–Crippen MR) is 88.2 cm³/mol. The average Bonchev–Trinajstić information content (AvgIpc) is 2.37. The topological polar surface area (TPSA) is 72.2 Å². The minimum atomic E-state index is -4.07. The molecule has 0 aliphatic rings. The molecule has 0 atom stereocenters. The first-order chi connectivity index (χ1) is 9.70. The lowest BCUT2D eigenvalue weighted by molar-refractivity contribution is 0.567. The number of hydrogen-bond acceptors (Lipinski definition) is 3. The van der Waals surface area contributed by atoms with Crippen molar-refractivity contribution in [2.75, 3.05) is 10.5 Å². The highest BCUT2D eigenvalue weighted by atomic mass is 79.9. The van der Waals surface area contributed by atoms with Gasteiger partial charge in [-0.05, 0) is 58.7 Å². The molecule has 0 radical (unpaired) electrons. The zero-order valence-electron chi connectivity index (χ0n) is 10.8. The molecule has 0 amide bonds. The van der Waals surface area contributed by atoms with Crippen molar-refractivity contribution in [1.82, 2.24) is 0 Å². The molecular formula is C13H11Br2FN2O2S. The number of hydrogen-bond donors (Lipinski definition) is 2. The minimum absolute atomic E-state index is 0.00476. The summed E-state index contributed by atoms with van der Waals surface area (Å²) in [5, 5.41) is 0. The molecule has 0 aromatic heterocycles. The van der Waals surface area contributed by atoms with Crippen LogP contribution in [0.4, 0.5) is 15.8 Å². The van der Waals surface area contributed by atoms with Crippen molar-refractivity contribution in [3.8, 4) is 0 Å². The highest BCUT2D eigenvalue weighted by Gasteiger charge is 2.22. The SMILES string of the molecule is Cc1cc(NS(=O)(=O)c2cc(N)cc(Br)c2F)ccc1Br. The van der Waals surface area contributed by atoms with Crippen LogP contribution < -0.4 is 10.5 Å². The fourth-order valence-electron chi connectivity index (χ4n) is 1.70. The molecule has 0 fully saturated rings. The van der Waals surface area contributed by atoms with E-state index in [0.717, 1.165) is 16.1 Å². The monoisotopic (exact) mass is 436 g/mol. The lowest BCUT2D eigenvalue weighted by atomic mass is 10.2. The van der Waals surface area contributed by atoms with Gasteiger partial charge in [0.25, 0.3) is 10.0 Å². The van der Waals surface area contributed by atoms with Gasteiger partial charge in [-0.25, -0.2) is 12.8 Å². The molecule has 0 aliphatic heterocycles. The first-order valence-corrected chi connectivity index (χ1v) is 8.81. The van der Waals surface area contributed by atoms with Crippen LogP contribution in [0.1, 0.15) is 5.56 Å². The van der Waals surface area contributed by atoms with E-state index < -0.39 is 20.7 Å². The van der Waals surface area contributed by atoms with Crippen LogP contribution in [0.3, 0.4) is 0 Å². The molecule has 0 aliphatic carbocycles. The maximum Gasteiger partial charge on any atom is 0.264 e. The molecule has 2 aromatic carbocycles. The fourth-order valence-corrected chi connectivity index (χ4v) is 3.74. The molecule has 0 spiro atoms. The van der Waals surface area contributed by atoms with Crippen LogP contribution in [0.2, 0.25) is 0 Å². The van der Waals surface area contributed by atoms with Crippen molar-refractivity contribution in [3.05, 3.63) is 50.7 Å². The highest BCUT2D eigenvalue weighted by Crippen LogP contribution is 2.28. The zero-order chi connectivity index (χ0) is 15.8. The number of nitrogen functional groups attached to an aromatic ring is 1. The van der Waals surface area contributed by atoms with Gasteiger partial charge in [-0.15, -0.1) is 0 Å². The van der Waals surface area contributed by atoms with Crippen molar-refractivity contribution in [2.24, 2.45) is 0 Å². The van der Waals surface area contributed by atoms with E-state index in [2.05, 4.69) is 36.6 Å². The first-order valence-electron chi connectivity index (χ1n) is 5.74. The number of anilines is 2. The zero-order valence-corrected chi connectivity index (χ0v) is 14.8. The Balaban J connectivity index is 2.45. The summed E-state index contributed by atoms with van der Waals surface area (Å²) in [7, 11) is -4.07. The van der Waals surface area contributed by atoms with E-state index in [-0.39, 0.29) is 10.2 Å². The van der Waals surface area contributed by atoms with Gasteiger partial charge in [0.1, 0.15) is 4.90 Å². The molecule has 0 saturated heterocycles. The Kier molecular flexibility index (Phi) is 4.60. The number of aryl methyl sites for hydroxylation is 1. The van der Waals surface area contributed by atoms with Gasteiger partial charge in [0.2, 0.25) is 0 Å². The average molecular weight is 438 g/mol. The van der Waals surface area contributed by atoms with Crippen LogP contribution in [0.15, 0.2) is 44.2 Å². The Hall–Kier alpha value is -1.12. The van der Waals surface area contributed by atoms with Crippen molar-refractivity contribution in [3.63, 3.8) is 0 Å². The molecule has 4 nitrogen and oxygen atoms in total. The summed E-state index contributed by atoms with van der Waals surface area (Å²) < 4.78 is 41.7. The molecular weight excluding hydrogens is 427 g/mol. The Morgan fingerprint density at radius 2 is 1.81 bits per heavy atom. The fraction of sp³-hybridized carbons (Fsp3) is 0.0769. The van der Waals surface area contributed by atoms with Crippen LogP contribution in [0, 0.1) is 12.7 Å². The first kappa shape index (κ1) is 16.3. The summed E-state index contributed by atoms with van der Waals surface area (Å²) in [5.74, 6) is -0.884. The van der Waals surface area contributed by atoms with Crippen molar-refractivity contribution in [1.29, 1.82) is 0 Å². The summed E-state index contributed by atoms with van der Waals surface area (Å²) in [6, 6.07) is 7.31. The lowest BCUT2D eigenvalue weighted by Crippen LogP contribution is -2.15. The Labute approximate surface area is 138 Å². The van der Waals surface area contributed by atoms with Gasteiger partial charge in [0, 0.05) is 15.8 Å². The van der Waals surface area contributed by atoms with E-state index in [9.17, 15) is 12.8 Å². The molecule has 2 aromatic rings. The summed E-state index contributed by atoms with van der Waals surface area (Å²) in [6.07, 6.45) is 0. The number of sulfonamides is 1. The van der Waals surface area contributed by atoms with Crippen LogP contribution in [-0.2, 0) is 10.0 Å². The number of rotatable bonds is 3. The lowest BCUT2D eigenvalue weighted by Gasteiger charge is -2.11. The quantitative estimate of drug-likeness (QED) is 0.711. The normalized spacial score (nSPS) is 11.4. The van der Waals surface area contributed by atoms with Crippen LogP contribution >= 0.6 is 31.9 Å². The van der Waals surface area contributed by atoms with Gasteiger partial charge in [-0.3, -0.25) is 4.72 Å². The van der Waals surface area contributed by atoms with E-state index >= 15 is 0 Å². The van der Waals surface area contributed by atoms with Crippen molar-refractivity contribution >= 4 is 53.3 Å². The molecule has 0 saturated carbocycles. The molecule has 0 bridgehead atoms. The Morgan fingerprint density at radius 3 is 2.43 bits per heavy atom. The third kappa shape index (κ3) is 3.56. The van der Waals surface area contributed by atoms with E-state index in [4.69, 9.17) is 5.73 Å². The summed E-state index contributed by atoms with van der Waals surface area (Å²) >= 11 is 6.27. The van der Waals surface area contributed by atoms with E-state index in [1.807, 2.05) is 6.92 Å².